The minimum absolute atomic E-state index is 0.230. The van der Waals surface area contributed by atoms with Gasteiger partial charge in [-0.2, -0.15) is 5.10 Å². The Morgan fingerprint density at radius 2 is 1.70 bits per heavy atom. The summed E-state index contributed by atoms with van der Waals surface area (Å²) in [6.07, 6.45) is 4.97. The standard InChI is InChI=1S/C21H31N5O/c1-15(2)26-17(4)20(16(3)24-26)23-21(27)22-18-11-7-8-12-19(18)25-13-9-5-6-10-14-25/h7-8,11-12,15H,5-6,9-10,13-14H2,1-4H3,(H2,22,23,27). The van der Waals surface area contributed by atoms with Crippen molar-refractivity contribution in [3.05, 3.63) is 35.7 Å². The van der Waals surface area contributed by atoms with Crippen molar-refractivity contribution in [2.75, 3.05) is 28.6 Å². The van der Waals surface area contributed by atoms with Crippen LogP contribution >= 0.6 is 0 Å². The first-order valence-corrected chi connectivity index (χ1v) is 9.95. The average molecular weight is 370 g/mol. The van der Waals surface area contributed by atoms with E-state index in [4.69, 9.17) is 0 Å². The van der Waals surface area contributed by atoms with E-state index in [1.807, 2.05) is 36.7 Å². The van der Waals surface area contributed by atoms with Crippen LogP contribution in [0.2, 0.25) is 0 Å². The molecule has 27 heavy (non-hydrogen) atoms. The Hall–Kier alpha value is -2.50. The lowest BCUT2D eigenvalue weighted by atomic mass is 10.2. The summed E-state index contributed by atoms with van der Waals surface area (Å²) in [5.74, 6) is 0. The summed E-state index contributed by atoms with van der Waals surface area (Å²) in [7, 11) is 0. The molecule has 0 bridgehead atoms. The Morgan fingerprint density at radius 3 is 2.33 bits per heavy atom. The summed E-state index contributed by atoms with van der Waals surface area (Å²) in [4.78, 5) is 15.1. The number of hydrogen-bond donors (Lipinski definition) is 2. The molecule has 1 aromatic carbocycles. The zero-order valence-corrected chi connectivity index (χ0v) is 16.9. The third-order valence-corrected chi connectivity index (χ3v) is 5.15. The molecule has 3 rings (SSSR count). The molecular formula is C21H31N5O. The molecule has 1 aliphatic rings. The monoisotopic (exact) mass is 369 g/mol. The van der Waals surface area contributed by atoms with E-state index >= 15 is 0 Å². The molecule has 0 spiro atoms. The van der Waals surface area contributed by atoms with Crippen LogP contribution in [-0.2, 0) is 0 Å². The molecule has 146 valence electrons. The topological polar surface area (TPSA) is 62.2 Å². The normalized spacial score (nSPS) is 14.9. The van der Waals surface area contributed by atoms with Crippen LogP contribution in [0.15, 0.2) is 24.3 Å². The number of carbonyl (C=O) groups is 1. The number of amides is 2. The summed E-state index contributed by atoms with van der Waals surface area (Å²) < 4.78 is 1.94. The smallest absolute Gasteiger partial charge is 0.323 e. The number of aryl methyl sites for hydroxylation is 1. The van der Waals surface area contributed by atoms with Gasteiger partial charge in [0.1, 0.15) is 0 Å². The highest BCUT2D eigenvalue weighted by atomic mass is 16.2. The second-order valence-electron chi connectivity index (χ2n) is 7.58. The van der Waals surface area contributed by atoms with Crippen LogP contribution in [0.25, 0.3) is 0 Å². The first kappa shape index (κ1) is 19.3. The summed E-state index contributed by atoms with van der Waals surface area (Å²) >= 11 is 0. The highest BCUT2D eigenvalue weighted by Gasteiger charge is 2.18. The van der Waals surface area contributed by atoms with E-state index in [2.05, 4.69) is 40.5 Å². The second kappa shape index (κ2) is 8.46. The molecule has 1 fully saturated rings. The molecule has 1 aromatic heterocycles. The quantitative estimate of drug-likeness (QED) is 0.787. The van der Waals surface area contributed by atoms with Crippen LogP contribution in [0.3, 0.4) is 0 Å². The van der Waals surface area contributed by atoms with Crippen molar-refractivity contribution < 1.29 is 4.79 Å². The maximum absolute atomic E-state index is 12.7. The van der Waals surface area contributed by atoms with Crippen molar-refractivity contribution in [3.8, 4) is 0 Å². The van der Waals surface area contributed by atoms with Crippen molar-refractivity contribution in [2.45, 2.75) is 59.4 Å². The minimum atomic E-state index is -0.230. The van der Waals surface area contributed by atoms with Gasteiger partial charge in [0, 0.05) is 19.1 Å². The van der Waals surface area contributed by atoms with E-state index < -0.39 is 0 Å². The van der Waals surface area contributed by atoms with Gasteiger partial charge < -0.3 is 15.5 Å². The van der Waals surface area contributed by atoms with Crippen LogP contribution in [0.1, 0.15) is 57.0 Å². The molecule has 2 N–H and O–H groups in total. The molecule has 2 amide bonds. The van der Waals surface area contributed by atoms with Crippen LogP contribution < -0.4 is 15.5 Å². The number of hydrogen-bond acceptors (Lipinski definition) is 3. The van der Waals surface area contributed by atoms with Gasteiger partial charge in [-0.3, -0.25) is 4.68 Å². The van der Waals surface area contributed by atoms with Crippen LogP contribution in [-0.4, -0.2) is 28.9 Å². The lowest BCUT2D eigenvalue weighted by Gasteiger charge is -2.25. The number of aromatic nitrogens is 2. The highest BCUT2D eigenvalue weighted by Crippen LogP contribution is 2.28. The van der Waals surface area contributed by atoms with Gasteiger partial charge in [0.15, 0.2) is 0 Å². The maximum Gasteiger partial charge on any atom is 0.323 e. The second-order valence-corrected chi connectivity index (χ2v) is 7.58. The number of urea groups is 1. The van der Waals surface area contributed by atoms with E-state index in [0.29, 0.717) is 0 Å². The number of carbonyl (C=O) groups excluding carboxylic acids is 1. The minimum Gasteiger partial charge on any atom is -0.370 e. The lowest BCUT2D eigenvalue weighted by molar-refractivity contribution is 0.262. The van der Waals surface area contributed by atoms with Gasteiger partial charge in [0.25, 0.3) is 0 Å². The van der Waals surface area contributed by atoms with Gasteiger partial charge in [-0.15, -0.1) is 0 Å². The fourth-order valence-corrected chi connectivity index (χ4v) is 3.78. The van der Waals surface area contributed by atoms with Gasteiger partial charge >= 0.3 is 6.03 Å². The zero-order valence-electron chi connectivity index (χ0n) is 16.9. The largest absolute Gasteiger partial charge is 0.370 e. The Labute approximate surface area is 161 Å². The number of nitrogens with one attached hydrogen (secondary N) is 2. The number of nitrogens with zero attached hydrogens (tertiary/aromatic N) is 3. The third kappa shape index (κ3) is 4.43. The van der Waals surface area contributed by atoms with E-state index in [1.54, 1.807) is 0 Å². The van der Waals surface area contributed by atoms with E-state index in [9.17, 15) is 4.79 Å². The molecule has 1 saturated heterocycles. The SMILES string of the molecule is Cc1nn(C(C)C)c(C)c1NC(=O)Nc1ccccc1N1CCCCCC1. The molecule has 6 nitrogen and oxygen atoms in total. The Balaban J connectivity index is 1.75. The number of benzene rings is 1. The van der Waals surface area contributed by atoms with Crippen molar-refractivity contribution in [1.82, 2.24) is 9.78 Å². The fraction of sp³-hybridized carbons (Fsp3) is 0.524. The Morgan fingerprint density at radius 1 is 1.04 bits per heavy atom. The van der Waals surface area contributed by atoms with Gasteiger partial charge in [-0.1, -0.05) is 25.0 Å². The molecular weight excluding hydrogens is 338 g/mol. The predicted molar refractivity (Wildman–Crippen MR) is 112 cm³/mol. The molecule has 6 heteroatoms. The Kier molecular flexibility index (Phi) is 6.04. The van der Waals surface area contributed by atoms with Crippen molar-refractivity contribution in [2.24, 2.45) is 0 Å². The average Bonchev–Trinajstić information content (AvgIpc) is 2.84. The van der Waals surface area contributed by atoms with Crippen molar-refractivity contribution in [1.29, 1.82) is 0 Å². The summed E-state index contributed by atoms with van der Waals surface area (Å²) in [6, 6.07) is 8.08. The molecule has 0 saturated carbocycles. The fourth-order valence-electron chi connectivity index (χ4n) is 3.78. The first-order chi connectivity index (χ1) is 13.0. The Bertz CT molecular complexity index is 788. The molecule has 2 heterocycles. The van der Waals surface area contributed by atoms with Crippen molar-refractivity contribution >= 4 is 23.1 Å². The van der Waals surface area contributed by atoms with Gasteiger partial charge in [0.2, 0.25) is 0 Å². The summed E-state index contributed by atoms with van der Waals surface area (Å²) in [5.41, 5.74) is 4.54. The van der Waals surface area contributed by atoms with Crippen molar-refractivity contribution in [3.63, 3.8) is 0 Å². The van der Waals surface area contributed by atoms with Crippen LogP contribution in [0.5, 0.6) is 0 Å². The predicted octanol–water partition coefficient (Wildman–Crippen LogP) is 5.11. The molecule has 0 unspecified atom stereocenters. The number of rotatable bonds is 4. The molecule has 0 atom stereocenters. The molecule has 0 aliphatic carbocycles. The third-order valence-electron chi connectivity index (χ3n) is 5.15. The number of para-hydroxylation sites is 2. The van der Waals surface area contributed by atoms with Crippen LogP contribution in [0, 0.1) is 13.8 Å². The summed E-state index contributed by atoms with van der Waals surface area (Å²) in [6.45, 7) is 10.2. The molecule has 0 radical (unpaired) electrons. The zero-order chi connectivity index (χ0) is 19.4. The first-order valence-electron chi connectivity index (χ1n) is 9.95. The van der Waals surface area contributed by atoms with Gasteiger partial charge in [0.05, 0.1) is 28.5 Å². The molecule has 1 aliphatic heterocycles. The van der Waals surface area contributed by atoms with E-state index in [0.717, 1.165) is 41.5 Å². The lowest BCUT2D eigenvalue weighted by Crippen LogP contribution is -2.27. The van der Waals surface area contributed by atoms with Gasteiger partial charge in [-0.25, -0.2) is 4.79 Å². The maximum atomic E-state index is 12.7. The number of anilines is 3. The highest BCUT2D eigenvalue weighted by molar-refractivity contribution is 6.02. The molecule has 2 aromatic rings. The van der Waals surface area contributed by atoms with E-state index in [-0.39, 0.29) is 12.1 Å². The van der Waals surface area contributed by atoms with Gasteiger partial charge in [-0.05, 0) is 52.7 Å². The van der Waals surface area contributed by atoms with Crippen LogP contribution in [0.4, 0.5) is 21.9 Å². The van der Waals surface area contributed by atoms with E-state index in [1.165, 1.54) is 25.7 Å². The summed E-state index contributed by atoms with van der Waals surface area (Å²) in [5, 5.41) is 10.6.